The summed E-state index contributed by atoms with van der Waals surface area (Å²) in [6.45, 7) is 4.05. The van der Waals surface area contributed by atoms with Crippen LogP contribution in [0.2, 0.25) is 0 Å². The fourth-order valence-electron chi connectivity index (χ4n) is 1.85. The summed E-state index contributed by atoms with van der Waals surface area (Å²) in [7, 11) is 0. The van der Waals surface area contributed by atoms with Crippen LogP contribution >= 0.6 is 0 Å². The Labute approximate surface area is 60.3 Å². The Kier molecular flexibility index (Phi) is 0.858. The van der Waals surface area contributed by atoms with E-state index in [1.165, 1.54) is 0 Å². The average molecular weight is 137 g/mol. The molecule has 1 saturated heterocycles. The number of carbonyl (C=O) groups excluding carboxylic acids is 1. The van der Waals surface area contributed by atoms with Gasteiger partial charge < -0.3 is 5.32 Å². The number of amides is 1. The zero-order valence-corrected chi connectivity index (χ0v) is 6.22. The largest absolute Gasteiger partial charge is 0.347 e. The minimum absolute atomic E-state index is 0.00347. The maximum absolute atomic E-state index is 11.1. The van der Waals surface area contributed by atoms with Crippen LogP contribution in [0.5, 0.6) is 0 Å². The Morgan fingerprint density at radius 3 is 2.60 bits per heavy atom. The molecule has 0 saturated carbocycles. The first-order valence-corrected chi connectivity index (χ1v) is 3.65. The lowest BCUT2D eigenvalue weighted by atomic mass is 9.73. The van der Waals surface area contributed by atoms with E-state index in [-0.39, 0.29) is 17.4 Å². The molecule has 0 bridgehead atoms. The highest BCUT2D eigenvalue weighted by atomic mass is 16.2. The van der Waals surface area contributed by atoms with E-state index >= 15 is 0 Å². The normalized spacial score (nSPS) is 50.0. The molecule has 3 unspecified atom stereocenters. The van der Waals surface area contributed by atoms with Gasteiger partial charge in [0.05, 0.1) is 5.54 Å². The van der Waals surface area contributed by atoms with Crippen molar-refractivity contribution in [1.82, 2.24) is 5.32 Å². The molecule has 10 heavy (non-hydrogen) atoms. The summed E-state index contributed by atoms with van der Waals surface area (Å²) in [4.78, 5) is 11.1. The topological polar surface area (TPSA) is 29.1 Å². The third-order valence-electron chi connectivity index (χ3n) is 2.69. The molecule has 3 atom stereocenters. The Morgan fingerprint density at radius 1 is 1.70 bits per heavy atom. The van der Waals surface area contributed by atoms with Gasteiger partial charge in [-0.25, -0.2) is 0 Å². The Hall–Kier alpha value is -0.790. The Balaban J connectivity index is 2.33. The highest BCUT2D eigenvalue weighted by Gasteiger charge is 2.49. The first kappa shape index (κ1) is 5.96. The van der Waals surface area contributed by atoms with Gasteiger partial charge >= 0.3 is 0 Å². The predicted molar refractivity (Wildman–Crippen MR) is 38.3 cm³/mol. The van der Waals surface area contributed by atoms with Gasteiger partial charge in [-0.3, -0.25) is 4.79 Å². The van der Waals surface area contributed by atoms with Crippen LogP contribution in [-0.4, -0.2) is 11.4 Å². The molecule has 1 heterocycles. The molecule has 1 N–H and O–H groups in total. The first-order chi connectivity index (χ1) is 4.63. The Bertz CT molecular complexity index is 221. The van der Waals surface area contributed by atoms with Crippen molar-refractivity contribution in [2.24, 2.45) is 11.8 Å². The number of hydrogen-bond acceptors (Lipinski definition) is 1. The molecule has 2 rings (SSSR count). The fourth-order valence-corrected chi connectivity index (χ4v) is 1.85. The molecule has 2 heteroatoms. The summed E-state index contributed by atoms with van der Waals surface area (Å²) in [6, 6.07) is 0. The molecule has 2 aliphatic rings. The van der Waals surface area contributed by atoms with Crippen molar-refractivity contribution in [1.29, 1.82) is 0 Å². The second-order valence-corrected chi connectivity index (χ2v) is 3.45. The molecule has 0 spiro atoms. The van der Waals surface area contributed by atoms with Crippen LogP contribution < -0.4 is 5.32 Å². The molecule has 0 aromatic rings. The van der Waals surface area contributed by atoms with Crippen molar-refractivity contribution in [2.45, 2.75) is 19.4 Å². The number of rotatable bonds is 0. The van der Waals surface area contributed by atoms with E-state index in [1.807, 2.05) is 6.92 Å². The number of hydrogen-bond donors (Lipinski definition) is 1. The molecule has 0 aromatic carbocycles. The van der Waals surface area contributed by atoms with Crippen LogP contribution in [0.15, 0.2) is 12.2 Å². The van der Waals surface area contributed by atoms with Crippen molar-refractivity contribution < 1.29 is 4.79 Å². The van der Waals surface area contributed by atoms with Gasteiger partial charge in [0.1, 0.15) is 0 Å². The lowest BCUT2D eigenvalue weighted by Gasteiger charge is -2.34. The Morgan fingerprint density at radius 2 is 2.40 bits per heavy atom. The lowest BCUT2D eigenvalue weighted by molar-refractivity contribution is -0.122. The predicted octanol–water partition coefficient (Wildman–Crippen LogP) is 0.697. The summed E-state index contributed by atoms with van der Waals surface area (Å²) in [5.74, 6) is 0.812. The summed E-state index contributed by atoms with van der Waals surface area (Å²) < 4.78 is 0. The van der Waals surface area contributed by atoms with E-state index in [0.29, 0.717) is 5.92 Å². The van der Waals surface area contributed by atoms with Gasteiger partial charge in [0.15, 0.2) is 0 Å². The molecule has 1 aliphatic heterocycles. The van der Waals surface area contributed by atoms with Crippen LogP contribution in [-0.2, 0) is 4.79 Å². The van der Waals surface area contributed by atoms with E-state index < -0.39 is 0 Å². The van der Waals surface area contributed by atoms with Crippen LogP contribution in [0, 0.1) is 11.8 Å². The van der Waals surface area contributed by atoms with Gasteiger partial charge in [0.25, 0.3) is 0 Å². The lowest BCUT2D eigenvalue weighted by Crippen LogP contribution is -2.45. The van der Waals surface area contributed by atoms with Crippen molar-refractivity contribution in [3.8, 4) is 0 Å². The molecule has 0 aromatic heterocycles. The van der Waals surface area contributed by atoms with Gasteiger partial charge in [0.2, 0.25) is 5.91 Å². The second kappa shape index (κ2) is 1.44. The molecule has 2 nitrogen and oxygen atoms in total. The number of carbonyl (C=O) groups is 1. The minimum Gasteiger partial charge on any atom is -0.347 e. The molecule has 1 aliphatic carbocycles. The number of fused-ring (bicyclic) bond motifs is 1. The van der Waals surface area contributed by atoms with E-state index in [4.69, 9.17) is 0 Å². The third kappa shape index (κ3) is 0.474. The van der Waals surface area contributed by atoms with Gasteiger partial charge in [0, 0.05) is 11.8 Å². The van der Waals surface area contributed by atoms with Crippen molar-refractivity contribution in [3.63, 3.8) is 0 Å². The molecule has 1 amide bonds. The molecule has 0 radical (unpaired) electrons. The summed E-state index contributed by atoms with van der Waals surface area (Å²) in [5, 5.41) is 2.95. The minimum atomic E-state index is -0.00347. The zero-order valence-electron chi connectivity index (χ0n) is 6.22. The summed E-state index contributed by atoms with van der Waals surface area (Å²) >= 11 is 0. The molecular formula is C8H11NO. The van der Waals surface area contributed by atoms with Crippen LogP contribution in [0.1, 0.15) is 13.8 Å². The highest BCUT2D eigenvalue weighted by Crippen LogP contribution is 2.40. The van der Waals surface area contributed by atoms with E-state index in [1.54, 1.807) is 0 Å². The van der Waals surface area contributed by atoms with Gasteiger partial charge in [-0.1, -0.05) is 19.1 Å². The monoisotopic (exact) mass is 137 g/mol. The van der Waals surface area contributed by atoms with E-state index in [0.717, 1.165) is 0 Å². The summed E-state index contributed by atoms with van der Waals surface area (Å²) in [5.41, 5.74) is -0.00347. The van der Waals surface area contributed by atoms with E-state index in [9.17, 15) is 4.79 Å². The van der Waals surface area contributed by atoms with Gasteiger partial charge in [-0.2, -0.15) is 0 Å². The van der Waals surface area contributed by atoms with Crippen LogP contribution in [0.3, 0.4) is 0 Å². The summed E-state index contributed by atoms with van der Waals surface area (Å²) in [6.07, 6.45) is 4.18. The van der Waals surface area contributed by atoms with Crippen LogP contribution in [0.25, 0.3) is 0 Å². The quantitative estimate of drug-likeness (QED) is 0.489. The molecular weight excluding hydrogens is 126 g/mol. The van der Waals surface area contributed by atoms with E-state index in [2.05, 4.69) is 24.4 Å². The SMILES string of the molecule is CC1C(=O)NC2(C)C=CC12. The van der Waals surface area contributed by atoms with Crippen LogP contribution in [0.4, 0.5) is 0 Å². The first-order valence-electron chi connectivity index (χ1n) is 3.65. The zero-order chi connectivity index (χ0) is 7.35. The highest BCUT2D eigenvalue weighted by molar-refractivity contribution is 5.84. The maximum atomic E-state index is 11.1. The average Bonchev–Trinajstić information content (AvgIpc) is 1.95. The smallest absolute Gasteiger partial charge is 0.224 e. The maximum Gasteiger partial charge on any atom is 0.224 e. The fraction of sp³-hybridized carbons (Fsp3) is 0.625. The van der Waals surface area contributed by atoms with Crippen molar-refractivity contribution in [3.05, 3.63) is 12.2 Å². The standard InChI is InChI=1S/C8H11NO/c1-5-6-3-4-8(6,2)9-7(5)10/h3-6H,1-2H3,(H,9,10). The van der Waals surface area contributed by atoms with Crippen molar-refractivity contribution in [2.75, 3.05) is 0 Å². The van der Waals surface area contributed by atoms with Crippen molar-refractivity contribution >= 4 is 5.91 Å². The number of nitrogens with one attached hydrogen (secondary N) is 1. The molecule has 1 fully saturated rings. The third-order valence-corrected chi connectivity index (χ3v) is 2.69. The second-order valence-electron chi connectivity index (χ2n) is 3.45. The van der Waals surface area contributed by atoms with Gasteiger partial charge in [-0.15, -0.1) is 0 Å². The van der Waals surface area contributed by atoms with Gasteiger partial charge in [-0.05, 0) is 6.92 Å². The molecule has 54 valence electrons.